The highest BCUT2D eigenvalue weighted by Gasteiger charge is 2.28. The standard InChI is InChI=1S/C12H20F3NO4S/c1-19-7-8-20-11(18)16-6-4-2-3-5-10(17)21-9-12(13,14)15/h2-9H2,1H3,(H,16,18). The summed E-state index contributed by atoms with van der Waals surface area (Å²) in [4.78, 5) is 22.2. The molecule has 0 fully saturated rings. The Bertz CT molecular complexity index is 313. The zero-order valence-electron chi connectivity index (χ0n) is 11.8. The predicted octanol–water partition coefficient (Wildman–Crippen LogP) is 2.74. The first-order valence-electron chi connectivity index (χ1n) is 6.47. The number of nitrogens with one attached hydrogen (secondary N) is 1. The van der Waals surface area contributed by atoms with Crippen LogP contribution in [0, 0.1) is 0 Å². The van der Waals surface area contributed by atoms with Crippen LogP contribution in [0.25, 0.3) is 0 Å². The second-order valence-electron chi connectivity index (χ2n) is 4.14. The molecule has 0 saturated carbocycles. The van der Waals surface area contributed by atoms with Crippen molar-refractivity contribution in [3.05, 3.63) is 0 Å². The molecule has 0 aromatic carbocycles. The fourth-order valence-electron chi connectivity index (χ4n) is 1.26. The van der Waals surface area contributed by atoms with Crippen LogP contribution < -0.4 is 5.32 Å². The van der Waals surface area contributed by atoms with Crippen LogP contribution in [0.4, 0.5) is 18.0 Å². The van der Waals surface area contributed by atoms with E-state index in [-0.39, 0.29) is 13.0 Å². The Morgan fingerprint density at radius 2 is 1.86 bits per heavy atom. The van der Waals surface area contributed by atoms with Gasteiger partial charge < -0.3 is 14.8 Å². The van der Waals surface area contributed by atoms with Crippen LogP contribution in [0.5, 0.6) is 0 Å². The highest BCUT2D eigenvalue weighted by Crippen LogP contribution is 2.22. The largest absolute Gasteiger partial charge is 0.447 e. The van der Waals surface area contributed by atoms with Gasteiger partial charge in [-0.2, -0.15) is 13.2 Å². The molecule has 5 nitrogen and oxygen atoms in total. The molecule has 0 atom stereocenters. The van der Waals surface area contributed by atoms with Gasteiger partial charge in [-0.05, 0) is 12.8 Å². The first kappa shape index (κ1) is 20.0. The minimum Gasteiger partial charge on any atom is -0.447 e. The van der Waals surface area contributed by atoms with Gasteiger partial charge in [-0.15, -0.1) is 0 Å². The molecular weight excluding hydrogens is 311 g/mol. The number of alkyl halides is 3. The smallest absolute Gasteiger partial charge is 0.407 e. The van der Waals surface area contributed by atoms with Gasteiger partial charge in [0.2, 0.25) is 0 Å². The van der Waals surface area contributed by atoms with Gasteiger partial charge in [0.1, 0.15) is 6.61 Å². The van der Waals surface area contributed by atoms with E-state index in [1.54, 1.807) is 0 Å². The topological polar surface area (TPSA) is 64.6 Å². The van der Waals surface area contributed by atoms with Crippen molar-refractivity contribution in [3.63, 3.8) is 0 Å². The molecule has 0 saturated heterocycles. The van der Waals surface area contributed by atoms with Gasteiger partial charge >= 0.3 is 12.3 Å². The molecule has 0 aliphatic carbocycles. The van der Waals surface area contributed by atoms with Crippen molar-refractivity contribution in [2.75, 3.05) is 32.6 Å². The van der Waals surface area contributed by atoms with Crippen molar-refractivity contribution in [2.24, 2.45) is 0 Å². The van der Waals surface area contributed by atoms with E-state index in [0.29, 0.717) is 44.2 Å². The Balaban J connectivity index is 3.39. The van der Waals surface area contributed by atoms with Crippen LogP contribution >= 0.6 is 11.8 Å². The molecule has 0 spiro atoms. The van der Waals surface area contributed by atoms with Crippen molar-refractivity contribution < 1.29 is 32.2 Å². The second kappa shape index (κ2) is 11.7. The number of alkyl carbamates (subject to hydrolysis) is 1. The highest BCUT2D eigenvalue weighted by molar-refractivity contribution is 8.13. The van der Waals surface area contributed by atoms with E-state index >= 15 is 0 Å². The Kier molecular flexibility index (Phi) is 11.1. The first-order chi connectivity index (χ1) is 9.85. The number of unbranched alkanes of at least 4 members (excludes halogenated alkanes) is 2. The fraction of sp³-hybridized carbons (Fsp3) is 0.833. The van der Waals surface area contributed by atoms with Gasteiger partial charge in [-0.1, -0.05) is 18.2 Å². The number of ether oxygens (including phenoxy) is 2. The summed E-state index contributed by atoms with van der Waals surface area (Å²) in [5.41, 5.74) is 0. The van der Waals surface area contributed by atoms with E-state index in [9.17, 15) is 22.8 Å². The maximum atomic E-state index is 11.9. The summed E-state index contributed by atoms with van der Waals surface area (Å²) in [6.07, 6.45) is -2.95. The quantitative estimate of drug-likeness (QED) is 0.624. The molecule has 124 valence electrons. The minimum atomic E-state index is -4.31. The number of rotatable bonds is 10. The number of methoxy groups -OCH3 is 1. The van der Waals surface area contributed by atoms with Crippen LogP contribution in [0.3, 0.4) is 0 Å². The van der Waals surface area contributed by atoms with Gasteiger partial charge in [-0.25, -0.2) is 4.79 Å². The van der Waals surface area contributed by atoms with Crippen LogP contribution in [0.1, 0.15) is 25.7 Å². The lowest BCUT2D eigenvalue weighted by molar-refractivity contribution is -0.113. The maximum absolute atomic E-state index is 11.9. The molecule has 0 aromatic rings. The Labute approximate surface area is 125 Å². The van der Waals surface area contributed by atoms with Gasteiger partial charge in [-0.3, -0.25) is 4.79 Å². The van der Waals surface area contributed by atoms with E-state index in [4.69, 9.17) is 9.47 Å². The molecule has 1 amide bonds. The number of thioether (sulfide) groups is 1. The van der Waals surface area contributed by atoms with Crippen LogP contribution in [-0.2, 0) is 14.3 Å². The lowest BCUT2D eigenvalue weighted by Gasteiger charge is -2.06. The molecule has 0 heterocycles. The maximum Gasteiger partial charge on any atom is 0.407 e. The average Bonchev–Trinajstić information content (AvgIpc) is 2.40. The second-order valence-corrected chi connectivity index (χ2v) is 5.17. The SMILES string of the molecule is COCCOC(=O)NCCCCCC(=O)SCC(F)(F)F. The van der Waals surface area contributed by atoms with Gasteiger partial charge in [0.05, 0.1) is 12.4 Å². The Morgan fingerprint density at radius 3 is 2.48 bits per heavy atom. The molecule has 21 heavy (non-hydrogen) atoms. The average molecular weight is 331 g/mol. The number of amides is 1. The van der Waals surface area contributed by atoms with Gasteiger partial charge in [0.25, 0.3) is 0 Å². The third-order valence-electron chi connectivity index (χ3n) is 2.24. The van der Waals surface area contributed by atoms with Gasteiger partial charge in [0.15, 0.2) is 5.12 Å². The number of hydrogen-bond acceptors (Lipinski definition) is 5. The molecule has 0 aliphatic rings. The summed E-state index contributed by atoms with van der Waals surface area (Å²) in [5.74, 6) is -1.14. The van der Waals surface area contributed by atoms with E-state index < -0.39 is 23.1 Å². The summed E-state index contributed by atoms with van der Waals surface area (Å²) in [5, 5.41) is 2.06. The molecule has 0 bridgehead atoms. The summed E-state index contributed by atoms with van der Waals surface area (Å²) in [6, 6.07) is 0. The molecule has 1 N–H and O–H groups in total. The molecule has 0 aliphatic heterocycles. The van der Waals surface area contributed by atoms with Crippen LogP contribution in [-0.4, -0.2) is 50.0 Å². The minimum absolute atomic E-state index is 0.110. The zero-order chi connectivity index (χ0) is 16.1. The predicted molar refractivity (Wildman–Crippen MR) is 73.2 cm³/mol. The van der Waals surface area contributed by atoms with Crippen molar-refractivity contribution in [2.45, 2.75) is 31.9 Å². The van der Waals surface area contributed by atoms with Gasteiger partial charge in [0, 0.05) is 20.1 Å². The molecule has 0 radical (unpaired) electrons. The summed E-state index contributed by atoms with van der Waals surface area (Å²) >= 11 is 0.298. The monoisotopic (exact) mass is 331 g/mol. The molecular formula is C12H20F3NO4S. The molecule has 0 rings (SSSR count). The lowest BCUT2D eigenvalue weighted by Crippen LogP contribution is -2.26. The van der Waals surface area contributed by atoms with Crippen molar-refractivity contribution in [1.82, 2.24) is 5.32 Å². The van der Waals surface area contributed by atoms with Crippen LogP contribution in [0.2, 0.25) is 0 Å². The van der Waals surface area contributed by atoms with Crippen molar-refractivity contribution >= 4 is 23.0 Å². The van der Waals surface area contributed by atoms with E-state index in [2.05, 4.69) is 5.32 Å². The summed E-state index contributed by atoms with van der Waals surface area (Å²) in [7, 11) is 1.50. The van der Waals surface area contributed by atoms with E-state index in [1.807, 2.05) is 0 Å². The Morgan fingerprint density at radius 1 is 1.14 bits per heavy atom. The Hall–Kier alpha value is -0.960. The number of carbonyl (C=O) groups excluding carboxylic acids is 2. The summed E-state index contributed by atoms with van der Waals surface area (Å²) in [6.45, 7) is 0.897. The van der Waals surface area contributed by atoms with E-state index in [1.165, 1.54) is 7.11 Å². The van der Waals surface area contributed by atoms with Crippen molar-refractivity contribution in [3.8, 4) is 0 Å². The third-order valence-corrected chi connectivity index (χ3v) is 3.24. The molecule has 0 unspecified atom stereocenters. The van der Waals surface area contributed by atoms with Crippen molar-refractivity contribution in [1.29, 1.82) is 0 Å². The zero-order valence-corrected chi connectivity index (χ0v) is 12.6. The lowest BCUT2D eigenvalue weighted by atomic mass is 10.2. The molecule has 0 aromatic heterocycles. The number of hydrogen-bond donors (Lipinski definition) is 1. The van der Waals surface area contributed by atoms with Crippen LogP contribution in [0.15, 0.2) is 0 Å². The number of halogens is 3. The normalized spacial score (nSPS) is 11.2. The molecule has 9 heteroatoms. The highest BCUT2D eigenvalue weighted by atomic mass is 32.2. The summed E-state index contributed by atoms with van der Waals surface area (Å²) < 4.78 is 45.0. The third kappa shape index (κ3) is 15.3. The first-order valence-corrected chi connectivity index (χ1v) is 7.45. The fourth-order valence-corrected chi connectivity index (χ4v) is 1.88. The number of carbonyl (C=O) groups is 2. The van der Waals surface area contributed by atoms with E-state index in [0.717, 1.165) is 0 Å².